The van der Waals surface area contributed by atoms with Gasteiger partial charge in [0.15, 0.2) is 0 Å². The number of aromatic amines is 2. The Bertz CT molecular complexity index is 1680. The third-order valence-corrected chi connectivity index (χ3v) is 6.12. The number of hydrogen-bond acceptors (Lipinski definition) is 6. The smallest absolute Gasteiger partial charge is 0.224 e. The van der Waals surface area contributed by atoms with E-state index in [4.69, 9.17) is 9.40 Å². The van der Waals surface area contributed by atoms with Gasteiger partial charge < -0.3 is 14.7 Å². The van der Waals surface area contributed by atoms with Crippen LogP contribution in [0, 0.1) is 0 Å². The van der Waals surface area contributed by atoms with E-state index in [1.165, 1.54) is 0 Å². The molecule has 0 bridgehead atoms. The number of amides is 1. The zero-order chi connectivity index (χ0) is 24.5. The molecule has 0 saturated carbocycles. The van der Waals surface area contributed by atoms with Crippen molar-refractivity contribution in [3.05, 3.63) is 67.6 Å². The van der Waals surface area contributed by atoms with Crippen molar-refractivity contribution in [3.8, 4) is 33.8 Å². The Balaban J connectivity index is 1.37. The Morgan fingerprint density at radius 2 is 1.94 bits per heavy atom. The van der Waals surface area contributed by atoms with E-state index in [1.807, 2.05) is 30.5 Å². The number of H-pyrrole nitrogens is 2. The fourth-order valence-corrected chi connectivity index (χ4v) is 4.28. The van der Waals surface area contributed by atoms with Crippen LogP contribution in [0.15, 0.2) is 72.1 Å². The Morgan fingerprint density at radius 1 is 1.03 bits per heavy atom. The van der Waals surface area contributed by atoms with Crippen LogP contribution in [0.2, 0.25) is 0 Å². The van der Waals surface area contributed by atoms with Crippen LogP contribution in [-0.4, -0.2) is 36.0 Å². The van der Waals surface area contributed by atoms with Gasteiger partial charge in [0.2, 0.25) is 5.91 Å². The van der Waals surface area contributed by atoms with Gasteiger partial charge in [-0.1, -0.05) is 13.3 Å². The van der Waals surface area contributed by atoms with E-state index in [0.717, 1.165) is 62.9 Å². The lowest BCUT2D eigenvalue weighted by molar-refractivity contribution is -0.116. The summed E-state index contributed by atoms with van der Waals surface area (Å²) in [6.07, 6.45) is 12.7. The number of aromatic nitrogens is 6. The second-order valence-electron chi connectivity index (χ2n) is 8.62. The number of carbonyl (C=O) groups is 1. The van der Waals surface area contributed by atoms with Crippen molar-refractivity contribution in [1.82, 2.24) is 30.1 Å². The van der Waals surface area contributed by atoms with Crippen LogP contribution in [0.1, 0.15) is 26.2 Å². The fraction of sp³-hybridized carbons (Fsp3) is 0.148. The van der Waals surface area contributed by atoms with Crippen molar-refractivity contribution in [2.24, 2.45) is 0 Å². The summed E-state index contributed by atoms with van der Waals surface area (Å²) in [6, 6.07) is 9.71. The van der Waals surface area contributed by atoms with Crippen molar-refractivity contribution in [1.29, 1.82) is 0 Å². The monoisotopic (exact) mass is 477 g/mol. The summed E-state index contributed by atoms with van der Waals surface area (Å²) >= 11 is 0. The number of pyridine rings is 3. The van der Waals surface area contributed by atoms with E-state index >= 15 is 0 Å². The molecule has 0 spiro atoms. The van der Waals surface area contributed by atoms with Gasteiger partial charge in [0.25, 0.3) is 0 Å². The molecule has 0 aliphatic carbocycles. The first-order valence-corrected chi connectivity index (χ1v) is 11.8. The van der Waals surface area contributed by atoms with Crippen molar-refractivity contribution in [3.63, 3.8) is 0 Å². The number of nitrogens with one attached hydrogen (secondary N) is 3. The van der Waals surface area contributed by atoms with E-state index in [9.17, 15) is 4.79 Å². The highest BCUT2D eigenvalue weighted by molar-refractivity contribution is 6.00. The van der Waals surface area contributed by atoms with Gasteiger partial charge in [-0.05, 0) is 36.8 Å². The largest absolute Gasteiger partial charge is 0.472 e. The molecule has 6 aromatic rings. The predicted octanol–water partition coefficient (Wildman–Crippen LogP) is 5.95. The van der Waals surface area contributed by atoms with Crippen molar-refractivity contribution in [2.75, 3.05) is 5.32 Å². The lowest BCUT2D eigenvalue weighted by atomic mass is 10.1. The molecule has 6 heterocycles. The summed E-state index contributed by atoms with van der Waals surface area (Å²) in [5.74, 6) is -0.0144. The van der Waals surface area contributed by atoms with Crippen LogP contribution in [0.25, 0.3) is 55.7 Å². The molecule has 1 amide bonds. The summed E-state index contributed by atoms with van der Waals surface area (Å²) < 4.78 is 5.26. The van der Waals surface area contributed by atoms with Crippen LogP contribution in [0.3, 0.4) is 0 Å². The van der Waals surface area contributed by atoms with Gasteiger partial charge in [-0.2, -0.15) is 5.10 Å². The zero-order valence-electron chi connectivity index (χ0n) is 19.6. The number of nitrogens with zero attached hydrogens (tertiary/aromatic N) is 4. The lowest BCUT2D eigenvalue weighted by Gasteiger charge is -2.07. The van der Waals surface area contributed by atoms with Crippen molar-refractivity contribution < 1.29 is 9.21 Å². The Labute approximate surface area is 206 Å². The molecular weight excluding hydrogens is 454 g/mol. The van der Waals surface area contributed by atoms with Gasteiger partial charge in [-0.3, -0.25) is 19.9 Å². The third-order valence-electron chi connectivity index (χ3n) is 6.12. The topological polar surface area (TPSA) is 125 Å². The van der Waals surface area contributed by atoms with Crippen molar-refractivity contribution >= 4 is 33.5 Å². The second-order valence-corrected chi connectivity index (χ2v) is 8.62. The number of rotatable bonds is 7. The predicted molar refractivity (Wildman–Crippen MR) is 138 cm³/mol. The minimum absolute atomic E-state index is 0.0144. The summed E-state index contributed by atoms with van der Waals surface area (Å²) in [6.45, 7) is 2.06. The third kappa shape index (κ3) is 4.00. The Morgan fingerprint density at radius 3 is 2.81 bits per heavy atom. The molecule has 6 rings (SSSR count). The SMILES string of the molecule is CCCCC(=O)Nc1cncc(-c2ccc3[nH]nc(-c4cc5c(-c6ccoc6)cncc5[nH]4)c3n2)c1. The molecule has 0 aliphatic rings. The number of unbranched alkanes of at least 4 members (excludes halogenated alkanes) is 1. The second kappa shape index (κ2) is 9.10. The number of carbonyl (C=O) groups excluding carboxylic acids is 1. The standard InChI is InChI=1S/C27H23N7O2/c1-2-3-4-25(35)30-18-9-17(11-28-12-18)21-5-6-22-26(32-21)27(34-33-22)23-10-19-20(16-7-8-36-15-16)13-29-14-24(19)31-23/h5-15,31H,2-4H2,1H3,(H,30,35)(H,33,34). The van der Waals surface area contributed by atoms with E-state index in [1.54, 1.807) is 31.1 Å². The maximum absolute atomic E-state index is 12.2. The fourth-order valence-electron chi connectivity index (χ4n) is 4.28. The quantitative estimate of drug-likeness (QED) is 0.261. The lowest BCUT2D eigenvalue weighted by Crippen LogP contribution is -2.11. The van der Waals surface area contributed by atoms with Gasteiger partial charge >= 0.3 is 0 Å². The minimum Gasteiger partial charge on any atom is -0.472 e. The van der Waals surface area contributed by atoms with E-state index in [2.05, 4.69) is 43.5 Å². The molecule has 0 radical (unpaired) electrons. The van der Waals surface area contributed by atoms with Gasteiger partial charge in [0.05, 0.1) is 53.0 Å². The molecule has 178 valence electrons. The zero-order valence-corrected chi connectivity index (χ0v) is 19.6. The summed E-state index contributed by atoms with van der Waals surface area (Å²) in [4.78, 5) is 29.2. The summed E-state index contributed by atoms with van der Waals surface area (Å²) in [7, 11) is 0. The molecular formula is C27H23N7O2. The number of anilines is 1. The van der Waals surface area contributed by atoms with Gasteiger partial charge in [-0.25, -0.2) is 4.98 Å². The molecule has 36 heavy (non-hydrogen) atoms. The molecule has 0 fully saturated rings. The maximum atomic E-state index is 12.2. The summed E-state index contributed by atoms with van der Waals surface area (Å²) in [5.41, 5.74) is 8.10. The molecule has 3 N–H and O–H groups in total. The average Bonchev–Trinajstić information content (AvgIpc) is 3.66. The molecule has 6 aromatic heterocycles. The molecule has 0 aliphatic heterocycles. The van der Waals surface area contributed by atoms with Gasteiger partial charge in [0.1, 0.15) is 11.2 Å². The first-order chi connectivity index (χ1) is 17.7. The van der Waals surface area contributed by atoms with Crippen LogP contribution >= 0.6 is 0 Å². The van der Waals surface area contributed by atoms with E-state index in [-0.39, 0.29) is 5.91 Å². The number of hydrogen-bond donors (Lipinski definition) is 3. The highest BCUT2D eigenvalue weighted by atomic mass is 16.3. The minimum atomic E-state index is -0.0144. The first-order valence-electron chi connectivity index (χ1n) is 11.8. The molecule has 9 nitrogen and oxygen atoms in total. The highest BCUT2D eigenvalue weighted by Gasteiger charge is 2.16. The summed E-state index contributed by atoms with van der Waals surface area (Å²) in [5, 5.41) is 11.6. The number of furan rings is 1. The number of fused-ring (bicyclic) bond motifs is 2. The molecule has 0 atom stereocenters. The Hall–Kier alpha value is -4.79. The van der Waals surface area contributed by atoms with Crippen LogP contribution < -0.4 is 5.32 Å². The maximum Gasteiger partial charge on any atom is 0.224 e. The van der Waals surface area contributed by atoms with Crippen LogP contribution in [0.5, 0.6) is 0 Å². The molecule has 0 saturated heterocycles. The van der Waals surface area contributed by atoms with Crippen molar-refractivity contribution in [2.45, 2.75) is 26.2 Å². The highest BCUT2D eigenvalue weighted by Crippen LogP contribution is 2.34. The normalized spacial score (nSPS) is 11.4. The Kier molecular flexibility index (Phi) is 5.49. The average molecular weight is 478 g/mol. The molecule has 0 unspecified atom stereocenters. The van der Waals surface area contributed by atoms with E-state index < -0.39 is 0 Å². The van der Waals surface area contributed by atoms with Gasteiger partial charge in [0, 0.05) is 40.9 Å². The molecule has 9 heteroatoms. The van der Waals surface area contributed by atoms with E-state index in [0.29, 0.717) is 17.8 Å². The van der Waals surface area contributed by atoms with Crippen LogP contribution in [0.4, 0.5) is 5.69 Å². The first kappa shape index (κ1) is 21.7. The van der Waals surface area contributed by atoms with Gasteiger partial charge in [-0.15, -0.1) is 0 Å². The molecule has 0 aromatic carbocycles. The van der Waals surface area contributed by atoms with Crippen LogP contribution in [-0.2, 0) is 4.79 Å².